The van der Waals surface area contributed by atoms with Crippen molar-refractivity contribution in [3.8, 4) is 0 Å². The summed E-state index contributed by atoms with van der Waals surface area (Å²) >= 11 is 0. The summed E-state index contributed by atoms with van der Waals surface area (Å²) in [5.41, 5.74) is 6.70. The minimum Gasteiger partial charge on any atom is -0.326 e. The lowest BCUT2D eigenvalue weighted by Gasteiger charge is -2.42. The molecule has 0 aliphatic heterocycles. The topological polar surface area (TPSA) is 29.3 Å². The first-order chi connectivity index (χ1) is 7.97. The van der Waals surface area contributed by atoms with Crippen molar-refractivity contribution < 1.29 is 0 Å². The molecule has 0 aromatic heterocycles. The Labute approximate surface area is 107 Å². The summed E-state index contributed by atoms with van der Waals surface area (Å²) in [6.45, 7) is 4.59. The second-order valence-corrected chi connectivity index (χ2v) is 6.88. The van der Waals surface area contributed by atoms with E-state index in [-0.39, 0.29) is 5.54 Å². The van der Waals surface area contributed by atoms with Gasteiger partial charge in [0.2, 0.25) is 0 Å². The first-order valence-electron chi connectivity index (χ1n) is 7.40. The van der Waals surface area contributed by atoms with E-state index in [1.165, 1.54) is 32.1 Å². The highest BCUT2D eigenvalue weighted by Crippen LogP contribution is 2.50. The molecule has 2 heteroatoms. The van der Waals surface area contributed by atoms with Gasteiger partial charge in [-0.3, -0.25) is 0 Å². The maximum atomic E-state index is 6.53. The van der Waals surface area contributed by atoms with Crippen molar-refractivity contribution in [2.75, 3.05) is 14.1 Å². The van der Waals surface area contributed by atoms with Crippen molar-refractivity contribution in [2.45, 2.75) is 64.0 Å². The van der Waals surface area contributed by atoms with Crippen LogP contribution in [0.4, 0.5) is 0 Å². The monoisotopic (exact) mass is 238 g/mol. The van der Waals surface area contributed by atoms with Gasteiger partial charge in [0, 0.05) is 11.6 Å². The van der Waals surface area contributed by atoms with Gasteiger partial charge in [-0.25, -0.2) is 0 Å². The van der Waals surface area contributed by atoms with E-state index in [0.29, 0.717) is 6.04 Å². The molecule has 0 spiro atoms. The van der Waals surface area contributed by atoms with Crippen LogP contribution in [0.25, 0.3) is 0 Å². The Balaban J connectivity index is 1.94. The van der Waals surface area contributed by atoms with Crippen LogP contribution in [0.3, 0.4) is 0 Å². The molecule has 2 nitrogen and oxygen atoms in total. The van der Waals surface area contributed by atoms with Crippen LogP contribution in [-0.4, -0.2) is 30.6 Å². The molecule has 17 heavy (non-hydrogen) atoms. The molecule has 0 radical (unpaired) electrons. The van der Waals surface area contributed by atoms with Crippen molar-refractivity contribution in [2.24, 2.45) is 23.5 Å². The van der Waals surface area contributed by atoms with Gasteiger partial charge in [-0.1, -0.05) is 13.3 Å². The van der Waals surface area contributed by atoms with Gasteiger partial charge in [0.1, 0.15) is 0 Å². The zero-order chi connectivity index (χ0) is 12.6. The van der Waals surface area contributed by atoms with Crippen LogP contribution in [0.1, 0.15) is 52.4 Å². The molecule has 0 aromatic rings. The summed E-state index contributed by atoms with van der Waals surface area (Å²) in [6, 6.07) is 0.326. The lowest BCUT2D eigenvalue weighted by atomic mass is 9.78. The number of hydrogen-bond acceptors (Lipinski definition) is 2. The molecule has 0 aromatic carbocycles. The highest BCUT2D eigenvalue weighted by Gasteiger charge is 2.42. The van der Waals surface area contributed by atoms with Crippen LogP contribution in [0.5, 0.6) is 0 Å². The lowest BCUT2D eigenvalue weighted by Crippen LogP contribution is -2.55. The fourth-order valence-corrected chi connectivity index (χ4v) is 4.16. The Morgan fingerprint density at radius 2 is 2.00 bits per heavy atom. The highest BCUT2D eigenvalue weighted by atomic mass is 15.2. The van der Waals surface area contributed by atoms with Gasteiger partial charge in [0.05, 0.1) is 0 Å². The average Bonchev–Trinajstić information content (AvgIpc) is 2.89. The molecular formula is C15H30N2. The lowest BCUT2D eigenvalue weighted by molar-refractivity contribution is 0.110. The van der Waals surface area contributed by atoms with Gasteiger partial charge in [0.25, 0.3) is 0 Å². The SMILES string of the molecule is CCC(C)(C(N)CC1CC2CCC1C2)N(C)C. The number of nitrogens with two attached hydrogens (primary N) is 1. The summed E-state index contributed by atoms with van der Waals surface area (Å²) in [6.07, 6.45) is 8.32. The Morgan fingerprint density at radius 1 is 1.29 bits per heavy atom. The first kappa shape index (κ1) is 13.4. The minimum absolute atomic E-state index is 0.168. The summed E-state index contributed by atoms with van der Waals surface area (Å²) < 4.78 is 0. The molecule has 2 N–H and O–H groups in total. The predicted molar refractivity (Wildman–Crippen MR) is 73.9 cm³/mol. The number of likely N-dealkylation sites (N-methyl/N-ethyl adjacent to an activating group) is 1. The molecule has 100 valence electrons. The van der Waals surface area contributed by atoms with E-state index in [2.05, 4.69) is 32.8 Å². The summed E-state index contributed by atoms with van der Waals surface area (Å²) in [5.74, 6) is 2.98. The Kier molecular flexibility index (Phi) is 3.84. The fraction of sp³-hybridized carbons (Fsp3) is 1.00. The van der Waals surface area contributed by atoms with E-state index in [1.54, 1.807) is 0 Å². The van der Waals surface area contributed by atoms with Crippen molar-refractivity contribution in [1.29, 1.82) is 0 Å². The van der Waals surface area contributed by atoms with E-state index < -0.39 is 0 Å². The Morgan fingerprint density at radius 3 is 2.41 bits per heavy atom. The molecule has 2 fully saturated rings. The van der Waals surface area contributed by atoms with Gasteiger partial charge in [-0.05, 0) is 70.9 Å². The number of nitrogens with zero attached hydrogens (tertiary/aromatic N) is 1. The largest absolute Gasteiger partial charge is 0.326 e. The molecule has 5 unspecified atom stereocenters. The maximum absolute atomic E-state index is 6.53. The summed E-state index contributed by atoms with van der Waals surface area (Å²) in [5, 5.41) is 0. The normalized spacial score (nSPS) is 37.4. The molecule has 0 heterocycles. The maximum Gasteiger partial charge on any atom is 0.0323 e. The van der Waals surface area contributed by atoms with Crippen LogP contribution in [0.15, 0.2) is 0 Å². The van der Waals surface area contributed by atoms with E-state index >= 15 is 0 Å². The molecular weight excluding hydrogens is 208 g/mol. The van der Waals surface area contributed by atoms with E-state index in [0.717, 1.165) is 24.2 Å². The number of rotatable bonds is 5. The Hall–Kier alpha value is -0.0800. The van der Waals surface area contributed by atoms with Crippen LogP contribution in [0, 0.1) is 17.8 Å². The van der Waals surface area contributed by atoms with Gasteiger partial charge in [-0.2, -0.15) is 0 Å². The van der Waals surface area contributed by atoms with Gasteiger partial charge in [0.15, 0.2) is 0 Å². The van der Waals surface area contributed by atoms with Crippen LogP contribution in [-0.2, 0) is 0 Å². The smallest absolute Gasteiger partial charge is 0.0323 e. The molecule has 0 amide bonds. The molecule has 0 saturated heterocycles. The Bertz CT molecular complexity index is 264. The predicted octanol–water partition coefficient (Wildman–Crippen LogP) is 2.87. The first-order valence-corrected chi connectivity index (χ1v) is 7.40. The van der Waals surface area contributed by atoms with Crippen LogP contribution >= 0.6 is 0 Å². The summed E-state index contributed by atoms with van der Waals surface area (Å²) in [4.78, 5) is 2.32. The number of hydrogen-bond donors (Lipinski definition) is 1. The third-order valence-electron chi connectivity index (χ3n) is 5.98. The average molecular weight is 238 g/mol. The zero-order valence-corrected chi connectivity index (χ0v) is 12.1. The molecule has 2 bridgehead atoms. The van der Waals surface area contributed by atoms with Crippen molar-refractivity contribution >= 4 is 0 Å². The quantitative estimate of drug-likeness (QED) is 0.798. The van der Waals surface area contributed by atoms with E-state index in [9.17, 15) is 0 Å². The standard InChI is InChI=1S/C15H30N2/c1-5-15(2,17(3)4)14(16)10-13-9-11-6-7-12(13)8-11/h11-14H,5-10,16H2,1-4H3. The molecule has 2 aliphatic rings. The molecule has 2 saturated carbocycles. The van der Waals surface area contributed by atoms with E-state index in [1.807, 2.05) is 0 Å². The van der Waals surface area contributed by atoms with Crippen LogP contribution in [0.2, 0.25) is 0 Å². The zero-order valence-electron chi connectivity index (χ0n) is 12.1. The second kappa shape index (κ2) is 4.89. The van der Waals surface area contributed by atoms with E-state index in [4.69, 9.17) is 5.73 Å². The van der Waals surface area contributed by atoms with Gasteiger partial charge < -0.3 is 10.6 Å². The summed E-state index contributed by atoms with van der Waals surface area (Å²) in [7, 11) is 4.34. The molecule has 2 aliphatic carbocycles. The fourth-order valence-electron chi connectivity index (χ4n) is 4.16. The van der Waals surface area contributed by atoms with Crippen molar-refractivity contribution in [3.63, 3.8) is 0 Å². The van der Waals surface area contributed by atoms with Crippen molar-refractivity contribution in [3.05, 3.63) is 0 Å². The highest BCUT2D eigenvalue weighted by molar-refractivity contribution is 4.97. The third kappa shape index (κ3) is 2.39. The van der Waals surface area contributed by atoms with Crippen LogP contribution < -0.4 is 5.73 Å². The van der Waals surface area contributed by atoms with Crippen molar-refractivity contribution in [1.82, 2.24) is 4.90 Å². The second-order valence-electron chi connectivity index (χ2n) is 6.88. The van der Waals surface area contributed by atoms with Gasteiger partial charge >= 0.3 is 0 Å². The van der Waals surface area contributed by atoms with Gasteiger partial charge in [-0.15, -0.1) is 0 Å². The minimum atomic E-state index is 0.168. The molecule has 2 rings (SSSR count). The molecule has 5 atom stereocenters. The third-order valence-corrected chi connectivity index (χ3v) is 5.98. The number of fused-ring (bicyclic) bond motifs is 2.